The number of halogens is 1. The Kier molecular flexibility index (Phi) is 3.38. The molecule has 0 atom stereocenters. The maximum Gasteiger partial charge on any atom is 0.314 e. The van der Waals surface area contributed by atoms with Crippen LogP contribution in [0.25, 0.3) is 11.4 Å². The minimum absolute atomic E-state index is 0.102. The summed E-state index contributed by atoms with van der Waals surface area (Å²) >= 11 is 0.888. The van der Waals surface area contributed by atoms with Gasteiger partial charge in [-0.05, 0) is 12.1 Å². The van der Waals surface area contributed by atoms with Gasteiger partial charge >= 0.3 is 5.97 Å². The molecule has 0 aliphatic carbocycles. The monoisotopic (exact) mass is 254 g/mol. The Morgan fingerprint density at radius 3 is 2.94 bits per heavy atom. The van der Waals surface area contributed by atoms with Crippen LogP contribution in [0.2, 0.25) is 0 Å². The average Bonchev–Trinajstić information content (AvgIpc) is 2.75. The number of hydrogen-bond acceptors (Lipinski definition) is 5. The molecule has 7 heteroatoms. The van der Waals surface area contributed by atoms with Crippen LogP contribution in [0, 0.1) is 5.82 Å². The van der Waals surface area contributed by atoms with Crippen molar-refractivity contribution in [2.75, 3.05) is 5.75 Å². The first kappa shape index (κ1) is 11.6. The maximum absolute atomic E-state index is 13.4. The molecule has 1 aromatic heterocycles. The van der Waals surface area contributed by atoms with Gasteiger partial charge in [0.1, 0.15) is 11.6 Å². The van der Waals surface area contributed by atoms with Crippen molar-refractivity contribution in [3.63, 3.8) is 0 Å². The molecule has 2 aromatic rings. The second kappa shape index (κ2) is 4.96. The fourth-order valence-electron chi connectivity index (χ4n) is 1.14. The normalized spacial score (nSPS) is 10.4. The number of carboxylic acids is 1. The molecule has 0 amide bonds. The zero-order valence-electron chi connectivity index (χ0n) is 8.46. The Labute approximate surface area is 99.6 Å². The van der Waals surface area contributed by atoms with Gasteiger partial charge in [-0.2, -0.15) is 4.98 Å². The fourth-order valence-corrected chi connectivity index (χ4v) is 1.63. The lowest BCUT2D eigenvalue weighted by atomic mass is 10.2. The molecule has 17 heavy (non-hydrogen) atoms. The molecule has 0 aliphatic rings. The first-order valence-electron chi connectivity index (χ1n) is 4.60. The summed E-state index contributed by atoms with van der Waals surface area (Å²) in [5.74, 6) is -1.52. The number of hydrogen-bond donors (Lipinski definition) is 1. The van der Waals surface area contributed by atoms with Gasteiger partial charge in [0.2, 0.25) is 5.82 Å². The first-order chi connectivity index (χ1) is 8.16. The zero-order valence-corrected chi connectivity index (χ0v) is 9.28. The van der Waals surface area contributed by atoms with Gasteiger partial charge in [0.15, 0.2) is 0 Å². The third-order valence-electron chi connectivity index (χ3n) is 1.84. The van der Waals surface area contributed by atoms with Gasteiger partial charge in [-0.3, -0.25) is 4.79 Å². The van der Waals surface area contributed by atoms with E-state index in [4.69, 9.17) is 9.63 Å². The molecule has 2 rings (SSSR count). The van der Waals surface area contributed by atoms with Gasteiger partial charge in [-0.1, -0.05) is 29.1 Å². The quantitative estimate of drug-likeness (QED) is 0.841. The molecule has 1 N–H and O–H groups in total. The summed E-state index contributed by atoms with van der Waals surface area (Å²) < 4.78 is 18.2. The highest BCUT2D eigenvalue weighted by atomic mass is 32.2. The molecule has 0 saturated heterocycles. The van der Waals surface area contributed by atoms with E-state index >= 15 is 0 Å². The number of carbonyl (C=O) groups is 1. The number of aromatic nitrogens is 2. The summed E-state index contributed by atoms with van der Waals surface area (Å²) in [6.45, 7) is 0. The molecule has 0 spiro atoms. The first-order valence-corrected chi connectivity index (χ1v) is 5.58. The van der Waals surface area contributed by atoms with Crippen LogP contribution in [0.15, 0.2) is 34.0 Å². The molecular formula is C10H7FN2O3S. The Bertz CT molecular complexity index is 544. The van der Waals surface area contributed by atoms with E-state index in [1.807, 2.05) is 0 Å². The number of thioether (sulfide) groups is 1. The van der Waals surface area contributed by atoms with E-state index in [1.54, 1.807) is 12.1 Å². The lowest BCUT2D eigenvalue weighted by molar-refractivity contribution is -0.133. The lowest BCUT2D eigenvalue weighted by Gasteiger charge is -1.94. The average molecular weight is 254 g/mol. The SMILES string of the molecule is O=C(O)CSc1nc(-c2ccccc2F)no1. The summed E-state index contributed by atoms with van der Waals surface area (Å²) in [4.78, 5) is 14.2. The predicted octanol–water partition coefficient (Wildman–Crippen LogP) is 2.05. The summed E-state index contributed by atoms with van der Waals surface area (Å²) in [7, 11) is 0. The third kappa shape index (κ3) is 2.82. The number of carboxylic acid groups (broad SMARTS) is 1. The lowest BCUT2D eigenvalue weighted by Crippen LogP contribution is -1.97. The minimum Gasteiger partial charge on any atom is -0.481 e. The van der Waals surface area contributed by atoms with Gasteiger partial charge < -0.3 is 9.63 Å². The van der Waals surface area contributed by atoms with Crippen LogP contribution < -0.4 is 0 Å². The topological polar surface area (TPSA) is 76.2 Å². The van der Waals surface area contributed by atoms with Crippen molar-refractivity contribution >= 4 is 17.7 Å². The minimum atomic E-state index is -0.986. The van der Waals surface area contributed by atoms with Crippen LogP contribution in [-0.2, 0) is 4.79 Å². The van der Waals surface area contributed by atoms with Crippen LogP contribution in [0.4, 0.5) is 4.39 Å². The van der Waals surface area contributed by atoms with Crippen molar-refractivity contribution in [2.45, 2.75) is 5.22 Å². The van der Waals surface area contributed by atoms with Gasteiger partial charge in [0.25, 0.3) is 5.22 Å². The standard InChI is InChI=1S/C10H7FN2O3S/c11-7-4-2-1-3-6(7)9-12-10(16-13-9)17-5-8(14)15/h1-4H,5H2,(H,14,15). The van der Waals surface area contributed by atoms with Crippen LogP contribution in [0.3, 0.4) is 0 Å². The third-order valence-corrected chi connectivity index (χ3v) is 2.65. The van der Waals surface area contributed by atoms with Gasteiger partial charge in [0.05, 0.1) is 5.56 Å². The summed E-state index contributed by atoms with van der Waals surface area (Å²) in [5.41, 5.74) is 0.221. The van der Waals surface area contributed by atoms with Crippen molar-refractivity contribution in [2.24, 2.45) is 0 Å². The Morgan fingerprint density at radius 2 is 2.24 bits per heavy atom. The zero-order chi connectivity index (χ0) is 12.3. The number of benzene rings is 1. The molecule has 0 radical (unpaired) electrons. The van der Waals surface area contributed by atoms with Crippen LogP contribution in [0.1, 0.15) is 0 Å². The van der Waals surface area contributed by atoms with Crippen molar-refractivity contribution < 1.29 is 18.8 Å². The molecule has 0 saturated carbocycles. The van der Waals surface area contributed by atoms with Crippen LogP contribution >= 0.6 is 11.8 Å². The molecule has 0 unspecified atom stereocenters. The molecule has 88 valence electrons. The van der Waals surface area contributed by atoms with Crippen molar-refractivity contribution in [3.05, 3.63) is 30.1 Å². The second-order valence-electron chi connectivity index (χ2n) is 3.05. The van der Waals surface area contributed by atoms with Crippen molar-refractivity contribution in [1.29, 1.82) is 0 Å². The molecular weight excluding hydrogens is 247 g/mol. The molecule has 0 fully saturated rings. The van der Waals surface area contributed by atoms with Crippen LogP contribution in [0.5, 0.6) is 0 Å². The van der Waals surface area contributed by atoms with E-state index in [0.717, 1.165) is 11.8 Å². The highest BCUT2D eigenvalue weighted by Crippen LogP contribution is 2.22. The van der Waals surface area contributed by atoms with Gasteiger partial charge in [-0.25, -0.2) is 4.39 Å². The molecule has 1 aromatic carbocycles. The number of rotatable bonds is 4. The maximum atomic E-state index is 13.4. The smallest absolute Gasteiger partial charge is 0.314 e. The van der Waals surface area contributed by atoms with E-state index in [-0.39, 0.29) is 22.4 Å². The molecule has 5 nitrogen and oxygen atoms in total. The highest BCUT2D eigenvalue weighted by molar-refractivity contribution is 7.99. The Morgan fingerprint density at radius 1 is 1.47 bits per heavy atom. The predicted molar refractivity (Wildman–Crippen MR) is 58.1 cm³/mol. The Hall–Kier alpha value is -1.89. The molecule has 0 aliphatic heterocycles. The highest BCUT2D eigenvalue weighted by Gasteiger charge is 2.13. The van der Waals surface area contributed by atoms with E-state index in [1.165, 1.54) is 12.1 Å². The number of aliphatic carboxylic acids is 1. The van der Waals surface area contributed by atoms with Gasteiger partial charge in [0, 0.05) is 0 Å². The second-order valence-corrected chi connectivity index (χ2v) is 3.97. The van der Waals surface area contributed by atoms with Gasteiger partial charge in [-0.15, -0.1) is 0 Å². The van der Waals surface area contributed by atoms with Crippen molar-refractivity contribution in [1.82, 2.24) is 10.1 Å². The Balaban J connectivity index is 2.18. The summed E-state index contributed by atoms with van der Waals surface area (Å²) in [6.07, 6.45) is 0. The molecule has 0 bridgehead atoms. The summed E-state index contributed by atoms with van der Waals surface area (Å²) in [6, 6.07) is 6.01. The summed E-state index contributed by atoms with van der Waals surface area (Å²) in [5, 5.41) is 12.2. The molecule has 1 heterocycles. The number of nitrogens with zero attached hydrogens (tertiary/aromatic N) is 2. The van der Waals surface area contributed by atoms with E-state index < -0.39 is 11.8 Å². The van der Waals surface area contributed by atoms with E-state index in [9.17, 15) is 9.18 Å². The fraction of sp³-hybridized carbons (Fsp3) is 0.100. The van der Waals surface area contributed by atoms with E-state index in [2.05, 4.69) is 10.1 Å². The van der Waals surface area contributed by atoms with E-state index in [0.29, 0.717) is 0 Å². The van der Waals surface area contributed by atoms with Crippen LogP contribution in [-0.4, -0.2) is 27.0 Å². The largest absolute Gasteiger partial charge is 0.481 e. The van der Waals surface area contributed by atoms with Crippen molar-refractivity contribution in [3.8, 4) is 11.4 Å².